The first-order valence-electron chi connectivity index (χ1n) is 6.96. The number of thioether (sulfide) groups is 1. The summed E-state index contributed by atoms with van der Waals surface area (Å²) in [6, 6.07) is 18.0. The summed E-state index contributed by atoms with van der Waals surface area (Å²) in [5.74, 6) is -0.794. The third kappa shape index (κ3) is 2.83. The van der Waals surface area contributed by atoms with E-state index in [1.165, 1.54) is 11.8 Å². The molecule has 0 unspecified atom stereocenters. The van der Waals surface area contributed by atoms with E-state index >= 15 is 0 Å². The maximum absolute atomic E-state index is 11.0. The van der Waals surface area contributed by atoms with Crippen molar-refractivity contribution >= 4 is 28.6 Å². The number of aromatic nitrogens is 1. The van der Waals surface area contributed by atoms with E-state index in [1.54, 1.807) is 0 Å². The molecular weight excluding hydrogens is 294 g/mol. The third-order valence-electron chi connectivity index (χ3n) is 3.42. The van der Waals surface area contributed by atoms with Crippen LogP contribution in [-0.2, 0) is 4.79 Å². The Balaban J connectivity index is 2.28. The summed E-state index contributed by atoms with van der Waals surface area (Å²) < 4.78 is 0. The number of aliphatic carboxylic acids is 1. The largest absolute Gasteiger partial charge is 0.481 e. The first-order chi connectivity index (χ1) is 10.7. The van der Waals surface area contributed by atoms with Crippen molar-refractivity contribution in [2.75, 3.05) is 5.75 Å². The van der Waals surface area contributed by atoms with E-state index in [0.717, 1.165) is 32.6 Å². The molecule has 0 amide bonds. The molecule has 0 atom stereocenters. The van der Waals surface area contributed by atoms with Gasteiger partial charge in [0.15, 0.2) is 0 Å². The molecule has 2 aromatic carbocycles. The lowest BCUT2D eigenvalue weighted by molar-refractivity contribution is -0.133. The number of para-hydroxylation sites is 1. The first-order valence-corrected chi connectivity index (χ1v) is 7.94. The fourth-order valence-corrected chi connectivity index (χ4v) is 3.41. The van der Waals surface area contributed by atoms with Crippen molar-refractivity contribution in [2.45, 2.75) is 11.8 Å². The van der Waals surface area contributed by atoms with Gasteiger partial charge < -0.3 is 5.11 Å². The standard InChI is InChI=1S/C18H15NO2S/c1-12-18(22-11-16(20)21)17(13-7-3-2-4-8-13)14-9-5-6-10-15(14)19-12/h2-10H,11H2,1H3,(H,20,21). The molecule has 3 aromatic rings. The summed E-state index contributed by atoms with van der Waals surface area (Å²) in [5, 5.41) is 10.0. The maximum Gasteiger partial charge on any atom is 0.313 e. The molecule has 0 fully saturated rings. The number of hydrogen-bond acceptors (Lipinski definition) is 3. The lowest BCUT2D eigenvalue weighted by Gasteiger charge is -2.14. The van der Waals surface area contributed by atoms with E-state index in [-0.39, 0.29) is 5.75 Å². The molecule has 1 aromatic heterocycles. The molecule has 110 valence electrons. The van der Waals surface area contributed by atoms with Crippen molar-refractivity contribution in [3.8, 4) is 11.1 Å². The van der Waals surface area contributed by atoms with Crippen LogP contribution < -0.4 is 0 Å². The Bertz CT molecular complexity index is 831. The van der Waals surface area contributed by atoms with Gasteiger partial charge in [-0.05, 0) is 18.6 Å². The van der Waals surface area contributed by atoms with Crippen molar-refractivity contribution in [1.29, 1.82) is 0 Å². The zero-order chi connectivity index (χ0) is 15.5. The summed E-state index contributed by atoms with van der Waals surface area (Å²) in [6.45, 7) is 1.93. The van der Waals surface area contributed by atoms with Crippen LogP contribution in [0.1, 0.15) is 5.69 Å². The van der Waals surface area contributed by atoms with Crippen molar-refractivity contribution in [1.82, 2.24) is 4.98 Å². The third-order valence-corrected chi connectivity index (χ3v) is 4.60. The second-order valence-electron chi connectivity index (χ2n) is 4.97. The molecule has 3 nitrogen and oxygen atoms in total. The van der Waals surface area contributed by atoms with Gasteiger partial charge in [0.2, 0.25) is 0 Å². The van der Waals surface area contributed by atoms with Crippen molar-refractivity contribution in [3.63, 3.8) is 0 Å². The molecule has 4 heteroatoms. The molecule has 0 radical (unpaired) electrons. The Morgan fingerprint density at radius 1 is 1.09 bits per heavy atom. The summed E-state index contributed by atoms with van der Waals surface area (Å²) in [6.07, 6.45) is 0. The molecule has 0 aliphatic rings. The van der Waals surface area contributed by atoms with E-state index in [2.05, 4.69) is 4.98 Å². The fraction of sp³-hybridized carbons (Fsp3) is 0.111. The normalized spacial score (nSPS) is 10.8. The number of pyridine rings is 1. The molecule has 22 heavy (non-hydrogen) atoms. The lowest BCUT2D eigenvalue weighted by atomic mass is 10.00. The van der Waals surface area contributed by atoms with Gasteiger partial charge in [-0.25, -0.2) is 0 Å². The zero-order valence-corrected chi connectivity index (χ0v) is 12.9. The average Bonchev–Trinajstić information content (AvgIpc) is 2.53. The van der Waals surface area contributed by atoms with Crippen LogP contribution in [0.4, 0.5) is 0 Å². The van der Waals surface area contributed by atoms with Gasteiger partial charge in [0.1, 0.15) is 0 Å². The van der Waals surface area contributed by atoms with Gasteiger partial charge >= 0.3 is 5.97 Å². The van der Waals surface area contributed by atoms with Crippen LogP contribution in [-0.4, -0.2) is 21.8 Å². The van der Waals surface area contributed by atoms with Gasteiger partial charge in [-0.1, -0.05) is 48.5 Å². The zero-order valence-electron chi connectivity index (χ0n) is 12.1. The molecule has 1 N–H and O–H groups in total. The molecule has 0 saturated heterocycles. The molecule has 0 bridgehead atoms. The highest BCUT2D eigenvalue weighted by molar-refractivity contribution is 8.00. The summed E-state index contributed by atoms with van der Waals surface area (Å²) >= 11 is 1.33. The van der Waals surface area contributed by atoms with Gasteiger partial charge in [0.05, 0.1) is 17.0 Å². The summed E-state index contributed by atoms with van der Waals surface area (Å²) in [4.78, 5) is 16.5. The van der Waals surface area contributed by atoms with Gasteiger partial charge in [0.25, 0.3) is 0 Å². The van der Waals surface area contributed by atoms with Gasteiger partial charge in [-0.3, -0.25) is 9.78 Å². The first kappa shape index (κ1) is 14.6. The fourth-order valence-electron chi connectivity index (χ4n) is 2.52. The predicted octanol–water partition coefficient (Wildman–Crippen LogP) is 4.39. The number of rotatable bonds is 4. The highest BCUT2D eigenvalue weighted by Crippen LogP contribution is 2.38. The van der Waals surface area contributed by atoms with Crippen LogP contribution >= 0.6 is 11.8 Å². The van der Waals surface area contributed by atoms with Gasteiger partial charge in [-0.2, -0.15) is 0 Å². The number of carboxylic acid groups (broad SMARTS) is 1. The molecule has 0 aliphatic carbocycles. The predicted molar refractivity (Wildman–Crippen MR) is 90.3 cm³/mol. The quantitative estimate of drug-likeness (QED) is 0.726. The summed E-state index contributed by atoms with van der Waals surface area (Å²) in [5.41, 5.74) is 3.94. The number of aryl methyl sites for hydroxylation is 1. The van der Waals surface area contributed by atoms with Crippen molar-refractivity contribution in [3.05, 3.63) is 60.3 Å². The molecule has 0 saturated carbocycles. The van der Waals surface area contributed by atoms with E-state index in [0.29, 0.717) is 0 Å². The molecule has 0 aliphatic heterocycles. The molecular formula is C18H15NO2S. The minimum atomic E-state index is -0.823. The van der Waals surface area contributed by atoms with E-state index in [9.17, 15) is 4.79 Å². The Hall–Kier alpha value is -2.33. The van der Waals surface area contributed by atoms with Crippen LogP contribution in [0.25, 0.3) is 22.0 Å². The van der Waals surface area contributed by atoms with Crippen LogP contribution in [0, 0.1) is 6.92 Å². The second-order valence-corrected chi connectivity index (χ2v) is 5.95. The number of carboxylic acids is 1. The maximum atomic E-state index is 11.0. The number of carbonyl (C=O) groups is 1. The van der Waals surface area contributed by atoms with Crippen LogP contribution in [0.3, 0.4) is 0 Å². The smallest absolute Gasteiger partial charge is 0.313 e. The lowest BCUT2D eigenvalue weighted by Crippen LogP contribution is -2.00. The Morgan fingerprint density at radius 3 is 2.50 bits per heavy atom. The Kier molecular flexibility index (Phi) is 4.11. The topological polar surface area (TPSA) is 50.2 Å². The Morgan fingerprint density at radius 2 is 1.77 bits per heavy atom. The van der Waals surface area contributed by atoms with Crippen LogP contribution in [0.2, 0.25) is 0 Å². The average molecular weight is 309 g/mol. The second kappa shape index (κ2) is 6.20. The number of benzene rings is 2. The monoisotopic (exact) mass is 309 g/mol. The van der Waals surface area contributed by atoms with E-state index < -0.39 is 5.97 Å². The minimum Gasteiger partial charge on any atom is -0.481 e. The SMILES string of the molecule is Cc1nc2ccccc2c(-c2ccccc2)c1SCC(=O)O. The van der Waals surface area contributed by atoms with Crippen molar-refractivity contribution in [2.24, 2.45) is 0 Å². The summed E-state index contributed by atoms with van der Waals surface area (Å²) in [7, 11) is 0. The minimum absolute atomic E-state index is 0.0285. The number of fused-ring (bicyclic) bond motifs is 1. The highest BCUT2D eigenvalue weighted by atomic mass is 32.2. The van der Waals surface area contributed by atoms with Crippen molar-refractivity contribution < 1.29 is 9.90 Å². The van der Waals surface area contributed by atoms with Crippen LogP contribution in [0.15, 0.2) is 59.5 Å². The molecule has 0 spiro atoms. The van der Waals surface area contributed by atoms with E-state index in [1.807, 2.05) is 61.5 Å². The number of nitrogens with zero attached hydrogens (tertiary/aromatic N) is 1. The van der Waals surface area contributed by atoms with Gasteiger partial charge in [0, 0.05) is 15.8 Å². The van der Waals surface area contributed by atoms with Gasteiger partial charge in [-0.15, -0.1) is 11.8 Å². The highest BCUT2D eigenvalue weighted by Gasteiger charge is 2.15. The van der Waals surface area contributed by atoms with Crippen LogP contribution in [0.5, 0.6) is 0 Å². The molecule has 3 rings (SSSR count). The number of hydrogen-bond donors (Lipinski definition) is 1. The molecule has 1 heterocycles. The Labute approximate surface area is 133 Å². The van der Waals surface area contributed by atoms with E-state index in [4.69, 9.17) is 5.11 Å².